The number of ether oxygens (including phenoxy) is 2. The summed E-state index contributed by atoms with van der Waals surface area (Å²) in [7, 11) is 0.165. The number of hydrogen-bond acceptors (Lipinski definition) is 5. The van der Waals surface area contributed by atoms with Crippen molar-refractivity contribution in [2.24, 2.45) is 4.99 Å². The number of aliphatic imine (C=N–C) groups is 1. The molecule has 2 aromatic rings. The molecule has 2 rings (SSSR count). The molecule has 0 aromatic heterocycles. The van der Waals surface area contributed by atoms with E-state index >= 15 is 0 Å². The van der Waals surface area contributed by atoms with Crippen molar-refractivity contribution in [2.45, 2.75) is 31.4 Å². The Morgan fingerprint density at radius 3 is 2.37 bits per heavy atom. The predicted molar refractivity (Wildman–Crippen MR) is 120 cm³/mol. The van der Waals surface area contributed by atoms with Crippen LogP contribution in [0.5, 0.6) is 5.75 Å². The monoisotopic (exact) mass is 433 g/mol. The summed E-state index contributed by atoms with van der Waals surface area (Å²) in [5.41, 5.74) is 2.85. The van der Waals surface area contributed by atoms with Gasteiger partial charge < -0.3 is 20.1 Å². The molecule has 0 amide bonds. The van der Waals surface area contributed by atoms with Gasteiger partial charge in [0.15, 0.2) is 15.8 Å². The molecular formula is C22H31N3O4S. The Labute approximate surface area is 179 Å². The summed E-state index contributed by atoms with van der Waals surface area (Å²) in [5.74, 6) is 1.53. The molecule has 164 valence electrons. The number of sulfone groups is 1. The van der Waals surface area contributed by atoms with Crippen molar-refractivity contribution in [1.29, 1.82) is 0 Å². The molecule has 0 saturated carbocycles. The van der Waals surface area contributed by atoms with E-state index in [1.165, 1.54) is 6.26 Å². The lowest BCUT2D eigenvalue weighted by Crippen LogP contribution is -2.37. The predicted octanol–water partition coefficient (Wildman–Crippen LogP) is 2.68. The molecule has 2 aromatic carbocycles. The summed E-state index contributed by atoms with van der Waals surface area (Å²) in [6.45, 7) is 4.30. The van der Waals surface area contributed by atoms with Crippen LogP contribution in [0.25, 0.3) is 0 Å². The zero-order valence-electron chi connectivity index (χ0n) is 18.1. The fourth-order valence-electron chi connectivity index (χ4n) is 2.94. The van der Waals surface area contributed by atoms with Crippen LogP contribution >= 0.6 is 0 Å². The second-order valence-corrected chi connectivity index (χ2v) is 8.96. The second kappa shape index (κ2) is 11.6. The van der Waals surface area contributed by atoms with E-state index in [0.717, 1.165) is 35.4 Å². The molecule has 0 aliphatic rings. The van der Waals surface area contributed by atoms with Gasteiger partial charge in [0, 0.05) is 33.0 Å². The van der Waals surface area contributed by atoms with Gasteiger partial charge in [0.1, 0.15) is 5.75 Å². The average Bonchev–Trinajstić information content (AvgIpc) is 2.72. The molecule has 0 heterocycles. The van der Waals surface area contributed by atoms with Crippen LogP contribution in [0.1, 0.15) is 23.1 Å². The first kappa shape index (κ1) is 23.7. The van der Waals surface area contributed by atoms with Crippen molar-refractivity contribution in [2.75, 3.05) is 33.6 Å². The Balaban J connectivity index is 1.68. The summed E-state index contributed by atoms with van der Waals surface area (Å²) in [6, 6.07) is 13.2. The fourth-order valence-corrected chi connectivity index (χ4v) is 3.90. The lowest BCUT2D eigenvalue weighted by atomic mass is 10.1. The van der Waals surface area contributed by atoms with Gasteiger partial charge >= 0.3 is 0 Å². The van der Waals surface area contributed by atoms with E-state index in [1.807, 2.05) is 36.4 Å². The Hall–Kier alpha value is -2.58. The topological polar surface area (TPSA) is 89.0 Å². The maximum absolute atomic E-state index is 11.7. The van der Waals surface area contributed by atoms with Gasteiger partial charge in [-0.1, -0.05) is 24.3 Å². The van der Waals surface area contributed by atoms with Gasteiger partial charge in [-0.05, 0) is 48.2 Å². The molecule has 2 N–H and O–H groups in total. The summed E-state index contributed by atoms with van der Waals surface area (Å²) in [6.07, 6.45) is 2.07. The van der Waals surface area contributed by atoms with E-state index in [0.29, 0.717) is 30.6 Å². The van der Waals surface area contributed by atoms with Crippen LogP contribution in [0, 0.1) is 6.92 Å². The number of aryl methyl sites for hydroxylation is 1. The van der Waals surface area contributed by atoms with Crippen LogP contribution in [0.15, 0.2) is 52.4 Å². The molecule has 0 unspecified atom stereocenters. The number of hydrogen-bond donors (Lipinski definition) is 2. The minimum Gasteiger partial charge on any atom is -0.497 e. The van der Waals surface area contributed by atoms with E-state index in [2.05, 4.69) is 15.6 Å². The number of nitrogens with zero attached hydrogens (tertiary/aromatic N) is 1. The minimum absolute atomic E-state index is 0.364. The molecule has 30 heavy (non-hydrogen) atoms. The summed E-state index contributed by atoms with van der Waals surface area (Å²) in [5, 5.41) is 6.49. The highest BCUT2D eigenvalue weighted by Gasteiger charge is 2.10. The standard InChI is InChI=1S/C22H31N3O4S/c1-17-14-19(8-11-21(17)30(4,26)27)15-25-22(23-2)24-12-5-13-29-16-18-6-9-20(28-3)10-7-18/h6-11,14H,5,12-13,15-16H2,1-4H3,(H2,23,24,25). The van der Waals surface area contributed by atoms with Gasteiger partial charge in [0.25, 0.3) is 0 Å². The van der Waals surface area contributed by atoms with Crippen LogP contribution < -0.4 is 15.4 Å². The van der Waals surface area contributed by atoms with Gasteiger partial charge in [-0.3, -0.25) is 4.99 Å². The molecule has 0 aliphatic carbocycles. The molecule has 0 fully saturated rings. The van der Waals surface area contributed by atoms with Crippen molar-refractivity contribution in [3.63, 3.8) is 0 Å². The van der Waals surface area contributed by atoms with Gasteiger partial charge in [-0.15, -0.1) is 0 Å². The van der Waals surface area contributed by atoms with E-state index in [-0.39, 0.29) is 0 Å². The van der Waals surface area contributed by atoms with Crippen molar-refractivity contribution < 1.29 is 17.9 Å². The Kier molecular flexibility index (Phi) is 9.14. The van der Waals surface area contributed by atoms with Crippen LogP contribution in [-0.2, 0) is 27.7 Å². The smallest absolute Gasteiger partial charge is 0.191 e. The van der Waals surface area contributed by atoms with Crippen LogP contribution in [0.4, 0.5) is 0 Å². The highest BCUT2D eigenvalue weighted by molar-refractivity contribution is 7.90. The molecule has 0 radical (unpaired) electrons. The molecule has 0 bridgehead atoms. The maximum atomic E-state index is 11.7. The third kappa shape index (κ3) is 7.68. The number of nitrogens with one attached hydrogen (secondary N) is 2. The van der Waals surface area contributed by atoms with Crippen molar-refractivity contribution in [3.8, 4) is 5.75 Å². The van der Waals surface area contributed by atoms with Gasteiger partial charge in [-0.25, -0.2) is 8.42 Å². The number of guanidine groups is 1. The first-order chi connectivity index (χ1) is 14.3. The number of rotatable bonds is 10. The van der Waals surface area contributed by atoms with Gasteiger partial charge in [-0.2, -0.15) is 0 Å². The van der Waals surface area contributed by atoms with E-state index in [4.69, 9.17) is 9.47 Å². The molecule has 8 heteroatoms. The summed E-state index contributed by atoms with van der Waals surface area (Å²) in [4.78, 5) is 4.57. The molecule has 0 aliphatic heterocycles. The van der Waals surface area contributed by atoms with E-state index in [9.17, 15) is 8.42 Å². The molecule has 0 spiro atoms. The first-order valence-electron chi connectivity index (χ1n) is 9.78. The zero-order chi connectivity index (χ0) is 22.0. The minimum atomic E-state index is -3.20. The van der Waals surface area contributed by atoms with Crippen molar-refractivity contribution in [3.05, 3.63) is 59.2 Å². The summed E-state index contributed by atoms with van der Waals surface area (Å²) < 4.78 is 34.3. The van der Waals surface area contributed by atoms with Crippen LogP contribution in [-0.4, -0.2) is 47.9 Å². The normalized spacial score (nSPS) is 11.9. The first-order valence-corrected chi connectivity index (χ1v) is 11.7. The third-order valence-electron chi connectivity index (χ3n) is 4.51. The van der Waals surface area contributed by atoms with Crippen LogP contribution in [0.3, 0.4) is 0 Å². The Morgan fingerprint density at radius 2 is 1.77 bits per heavy atom. The van der Waals surface area contributed by atoms with Crippen LogP contribution in [0.2, 0.25) is 0 Å². The number of benzene rings is 2. The third-order valence-corrected chi connectivity index (χ3v) is 5.77. The lowest BCUT2D eigenvalue weighted by Gasteiger charge is -2.13. The van der Waals surface area contributed by atoms with E-state index < -0.39 is 9.84 Å². The quantitative estimate of drug-likeness (QED) is 0.340. The number of methoxy groups -OCH3 is 1. The van der Waals surface area contributed by atoms with Crippen molar-refractivity contribution in [1.82, 2.24) is 10.6 Å². The molecule has 0 saturated heterocycles. The average molecular weight is 434 g/mol. The van der Waals surface area contributed by atoms with E-state index in [1.54, 1.807) is 27.1 Å². The lowest BCUT2D eigenvalue weighted by molar-refractivity contribution is 0.119. The maximum Gasteiger partial charge on any atom is 0.191 e. The van der Waals surface area contributed by atoms with Gasteiger partial charge in [0.05, 0.1) is 18.6 Å². The van der Waals surface area contributed by atoms with Gasteiger partial charge in [0.2, 0.25) is 0 Å². The highest BCUT2D eigenvalue weighted by atomic mass is 32.2. The zero-order valence-corrected chi connectivity index (χ0v) is 18.9. The molecular weight excluding hydrogens is 402 g/mol. The summed E-state index contributed by atoms with van der Waals surface area (Å²) >= 11 is 0. The van der Waals surface area contributed by atoms with Crippen molar-refractivity contribution >= 4 is 15.8 Å². The molecule has 7 nitrogen and oxygen atoms in total. The Morgan fingerprint density at radius 1 is 1.07 bits per heavy atom. The Bertz CT molecular complexity index is 941. The largest absolute Gasteiger partial charge is 0.497 e. The highest BCUT2D eigenvalue weighted by Crippen LogP contribution is 2.16. The fraction of sp³-hybridized carbons (Fsp3) is 0.409. The second-order valence-electron chi connectivity index (χ2n) is 6.98. The molecule has 0 atom stereocenters. The SMILES string of the molecule is CN=C(NCCCOCc1ccc(OC)cc1)NCc1ccc(S(C)(=O)=O)c(C)c1.